The normalized spacial score (nSPS) is 17.1. The van der Waals surface area contributed by atoms with E-state index < -0.39 is 0 Å². The molecule has 1 heterocycles. The number of nitrogens with one attached hydrogen (secondary N) is 1. The molecular formula is C17H18N2OS. The van der Waals surface area contributed by atoms with Crippen LogP contribution in [0, 0.1) is 6.92 Å². The van der Waals surface area contributed by atoms with Crippen molar-refractivity contribution in [1.29, 1.82) is 0 Å². The first-order valence-electron chi connectivity index (χ1n) is 6.98. The highest BCUT2D eigenvalue weighted by atomic mass is 32.2. The Morgan fingerprint density at radius 2 is 2.05 bits per heavy atom. The van der Waals surface area contributed by atoms with E-state index in [4.69, 9.17) is 5.73 Å². The zero-order valence-electron chi connectivity index (χ0n) is 11.9. The molecule has 1 aliphatic heterocycles. The van der Waals surface area contributed by atoms with Gasteiger partial charge in [-0.3, -0.25) is 4.79 Å². The predicted octanol–water partition coefficient (Wildman–Crippen LogP) is 3.49. The van der Waals surface area contributed by atoms with Gasteiger partial charge in [0.25, 0.3) is 0 Å². The summed E-state index contributed by atoms with van der Waals surface area (Å²) in [4.78, 5) is 11.5. The molecule has 3 rings (SSSR count). The maximum absolute atomic E-state index is 11.5. The van der Waals surface area contributed by atoms with Crippen LogP contribution in [0.4, 0.5) is 5.69 Å². The second-order valence-electron chi connectivity index (χ2n) is 5.25. The van der Waals surface area contributed by atoms with Crippen molar-refractivity contribution in [2.24, 2.45) is 5.73 Å². The van der Waals surface area contributed by atoms with Gasteiger partial charge in [-0.1, -0.05) is 30.3 Å². The van der Waals surface area contributed by atoms with E-state index >= 15 is 0 Å². The number of nitrogens with two attached hydrogens (primary N) is 1. The van der Waals surface area contributed by atoms with Crippen LogP contribution >= 0.6 is 11.8 Å². The van der Waals surface area contributed by atoms with Crippen LogP contribution in [-0.2, 0) is 5.75 Å². The van der Waals surface area contributed by atoms with E-state index in [2.05, 4.69) is 29.6 Å². The largest absolute Gasteiger partial charge is 0.377 e. The number of primary amides is 1. The number of anilines is 1. The number of rotatable bonds is 3. The van der Waals surface area contributed by atoms with Crippen LogP contribution in [0.2, 0.25) is 0 Å². The molecule has 0 fully saturated rings. The van der Waals surface area contributed by atoms with Gasteiger partial charge in [0, 0.05) is 22.8 Å². The first-order chi connectivity index (χ1) is 10.2. The van der Waals surface area contributed by atoms with Gasteiger partial charge in [-0.2, -0.15) is 11.8 Å². The molecule has 1 unspecified atom stereocenters. The highest BCUT2D eigenvalue weighted by Gasteiger charge is 2.21. The van der Waals surface area contributed by atoms with Gasteiger partial charge in [0.1, 0.15) is 0 Å². The third-order valence-electron chi connectivity index (χ3n) is 3.90. The zero-order chi connectivity index (χ0) is 14.8. The molecule has 2 aromatic rings. The van der Waals surface area contributed by atoms with Crippen LogP contribution in [-0.4, -0.2) is 11.7 Å². The van der Waals surface area contributed by atoms with Gasteiger partial charge in [0.05, 0.1) is 6.04 Å². The molecule has 0 radical (unpaired) electrons. The number of hydrogen-bond acceptors (Lipinski definition) is 3. The molecule has 21 heavy (non-hydrogen) atoms. The fourth-order valence-corrected chi connectivity index (χ4v) is 3.85. The van der Waals surface area contributed by atoms with E-state index in [1.807, 2.05) is 30.8 Å². The van der Waals surface area contributed by atoms with Crippen LogP contribution < -0.4 is 11.1 Å². The molecule has 0 aliphatic carbocycles. The summed E-state index contributed by atoms with van der Waals surface area (Å²) in [6, 6.07) is 14.4. The Morgan fingerprint density at radius 3 is 2.86 bits per heavy atom. The van der Waals surface area contributed by atoms with Crippen molar-refractivity contribution in [3.63, 3.8) is 0 Å². The lowest BCUT2D eigenvalue weighted by molar-refractivity contribution is 0.1000. The maximum atomic E-state index is 11.5. The Balaban J connectivity index is 1.92. The Hall–Kier alpha value is -1.94. The zero-order valence-corrected chi connectivity index (χ0v) is 12.7. The third kappa shape index (κ3) is 2.76. The van der Waals surface area contributed by atoms with Crippen LogP contribution in [0.15, 0.2) is 42.5 Å². The van der Waals surface area contributed by atoms with Crippen LogP contribution in [0.25, 0.3) is 0 Å². The Kier molecular flexibility index (Phi) is 3.88. The fourth-order valence-electron chi connectivity index (χ4n) is 2.75. The smallest absolute Gasteiger partial charge is 0.249 e. The summed E-state index contributed by atoms with van der Waals surface area (Å²) in [7, 11) is 0. The highest BCUT2D eigenvalue weighted by molar-refractivity contribution is 7.98. The van der Waals surface area contributed by atoms with Gasteiger partial charge in [0.15, 0.2) is 0 Å². The topological polar surface area (TPSA) is 55.1 Å². The molecule has 3 nitrogen and oxygen atoms in total. The minimum Gasteiger partial charge on any atom is -0.377 e. The van der Waals surface area contributed by atoms with Crippen molar-refractivity contribution in [1.82, 2.24) is 0 Å². The van der Waals surface area contributed by atoms with Crippen molar-refractivity contribution in [2.45, 2.75) is 18.7 Å². The van der Waals surface area contributed by atoms with Gasteiger partial charge in [-0.25, -0.2) is 0 Å². The summed E-state index contributed by atoms with van der Waals surface area (Å²) in [5, 5.41) is 3.57. The predicted molar refractivity (Wildman–Crippen MR) is 88.7 cm³/mol. The summed E-state index contributed by atoms with van der Waals surface area (Å²) in [5.74, 6) is 1.71. The molecule has 0 aromatic heterocycles. The quantitative estimate of drug-likeness (QED) is 0.912. The van der Waals surface area contributed by atoms with Crippen molar-refractivity contribution in [2.75, 3.05) is 11.1 Å². The van der Waals surface area contributed by atoms with E-state index in [0.717, 1.165) is 22.8 Å². The Labute approximate surface area is 128 Å². The Bertz CT molecular complexity index is 684. The number of thioether (sulfide) groups is 1. The maximum Gasteiger partial charge on any atom is 0.249 e. The molecule has 4 heteroatoms. The first-order valence-corrected chi connectivity index (χ1v) is 8.14. The summed E-state index contributed by atoms with van der Waals surface area (Å²) in [6.45, 7) is 1.93. The summed E-state index contributed by atoms with van der Waals surface area (Å²) >= 11 is 1.93. The summed E-state index contributed by atoms with van der Waals surface area (Å²) < 4.78 is 0. The molecule has 0 saturated carbocycles. The van der Waals surface area contributed by atoms with E-state index in [-0.39, 0.29) is 11.9 Å². The van der Waals surface area contributed by atoms with Crippen LogP contribution in [0.3, 0.4) is 0 Å². The second kappa shape index (κ2) is 5.82. The molecule has 1 amide bonds. The molecule has 0 spiro atoms. The number of amides is 1. The average Bonchev–Trinajstić information content (AvgIpc) is 2.49. The van der Waals surface area contributed by atoms with Gasteiger partial charge in [0.2, 0.25) is 5.91 Å². The van der Waals surface area contributed by atoms with Gasteiger partial charge in [-0.05, 0) is 35.7 Å². The van der Waals surface area contributed by atoms with Crippen molar-refractivity contribution >= 4 is 23.4 Å². The average molecular weight is 298 g/mol. The second-order valence-corrected chi connectivity index (χ2v) is 6.28. The van der Waals surface area contributed by atoms with Crippen LogP contribution in [0.5, 0.6) is 0 Å². The third-order valence-corrected chi connectivity index (χ3v) is 4.99. The molecule has 0 saturated heterocycles. The molecule has 108 valence electrons. The van der Waals surface area contributed by atoms with Crippen LogP contribution in [0.1, 0.15) is 33.1 Å². The standard InChI is InChI=1S/C17H18N2OS/c1-11-13(17(18)20)7-4-8-15(11)19-16-10-21-9-12-5-2-3-6-14(12)16/h2-8,16,19H,9-10H2,1H3,(H2,18,20). The molecule has 1 atom stereocenters. The monoisotopic (exact) mass is 298 g/mol. The molecule has 1 aliphatic rings. The van der Waals surface area contributed by atoms with E-state index in [1.165, 1.54) is 11.1 Å². The number of benzene rings is 2. The lowest BCUT2D eigenvalue weighted by Gasteiger charge is -2.27. The van der Waals surface area contributed by atoms with Gasteiger partial charge in [-0.15, -0.1) is 0 Å². The van der Waals surface area contributed by atoms with Crippen molar-refractivity contribution < 1.29 is 4.79 Å². The molecule has 0 bridgehead atoms. The van der Waals surface area contributed by atoms with Crippen molar-refractivity contribution in [3.05, 3.63) is 64.7 Å². The SMILES string of the molecule is Cc1c(NC2CSCc3ccccc32)cccc1C(N)=O. The van der Waals surface area contributed by atoms with E-state index in [1.54, 1.807) is 6.07 Å². The number of fused-ring (bicyclic) bond motifs is 1. The molecular weight excluding hydrogens is 280 g/mol. The summed E-state index contributed by atoms with van der Waals surface area (Å²) in [6.07, 6.45) is 0. The lowest BCUT2D eigenvalue weighted by Crippen LogP contribution is -2.20. The minimum absolute atomic E-state index is 0.266. The first kappa shape index (κ1) is 14.0. The van der Waals surface area contributed by atoms with Crippen molar-refractivity contribution in [3.8, 4) is 0 Å². The number of carbonyl (C=O) groups excluding carboxylic acids is 1. The summed E-state index contributed by atoms with van der Waals surface area (Å²) in [5.41, 5.74) is 10.6. The Morgan fingerprint density at radius 1 is 1.24 bits per heavy atom. The number of carbonyl (C=O) groups is 1. The lowest BCUT2D eigenvalue weighted by atomic mass is 10.00. The van der Waals surface area contributed by atoms with E-state index in [9.17, 15) is 4.79 Å². The van der Waals surface area contributed by atoms with E-state index in [0.29, 0.717) is 5.56 Å². The highest BCUT2D eigenvalue weighted by Crippen LogP contribution is 2.34. The minimum atomic E-state index is -0.380. The molecule has 3 N–H and O–H groups in total. The van der Waals surface area contributed by atoms with Gasteiger partial charge < -0.3 is 11.1 Å². The fraction of sp³-hybridized carbons (Fsp3) is 0.235. The molecule has 2 aromatic carbocycles. The number of hydrogen-bond donors (Lipinski definition) is 2. The van der Waals surface area contributed by atoms with Gasteiger partial charge >= 0.3 is 0 Å².